The highest BCUT2D eigenvalue weighted by molar-refractivity contribution is 6.34. The normalized spacial score (nSPS) is 27.4. The molecule has 2 rings (SSSR count). The van der Waals surface area contributed by atoms with Crippen molar-refractivity contribution in [1.29, 1.82) is 0 Å². The highest BCUT2D eigenvalue weighted by Crippen LogP contribution is 2.27. The van der Waals surface area contributed by atoms with Gasteiger partial charge in [0.15, 0.2) is 5.84 Å². The van der Waals surface area contributed by atoms with Gasteiger partial charge >= 0.3 is 0 Å². The molecule has 1 fully saturated rings. The number of oxime groups is 1. The minimum atomic E-state index is -0.0186. The van der Waals surface area contributed by atoms with Crippen molar-refractivity contribution in [2.24, 2.45) is 10.9 Å². The van der Waals surface area contributed by atoms with E-state index in [1.54, 1.807) is 18.2 Å². The molecule has 2 unspecified atom stereocenters. The fraction of sp³-hybridized carbons (Fsp3) is 0.500. The average Bonchev–Trinajstić information content (AvgIpc) is 2.36. The van der Waals surface area contributed by atoms with Gasteiger partial charge < -0.3 is 20.4 Å². The van der Waals surface area contributed by atoms with Crippen molar-refractivity contribution in [1.82, 2.24) is 0 Å². The molecular formula is C14H19ClN2O3. The molecule has 0 radical (unpaired) electrons. The van der Waals surface area contributed by atoms with Crippen molar-refractivity contribution < 1.29 is 14.7 Å². The lowest BCUT2D eigenvalue weighted by molar-refractivity contribution is -0.0721. The molecule has 2 atom stereocenters. The third-order valence-electron chi connectivity index (χ3n) is 3.28. The highest BCUT2D eigenvalue weighted by atomic mass is 35.5. The van der Waals surface area contributed by atoms with E-state index in [1.807, 2.05) is 13.8 Å². The highest BCUT2D eigenvalue weighted by Gasteiger charge is 2.25. The van der Waals surface area contributed by atoms with Crippen molar-refractivity contribution in [3.05, 3.63) is 28.8 Å². The molecule has 0 aromatic heterocycles. The van der Waals surface area contributed by atoms with Gasteiger partial charge in [0.05, 0.1) is 17.2 Å². The first-order chi connectivity index (χ1) is 9.49. The van der Waals surface area contributed by atoms with Crippen LogP contribution >= 0.6 is 11.6 Å². The van der Waals surface area contributed by atoms with E-state index in [-0.39, 0.29) is 24.1 Å². The summed E-state index contributed by atoms with van der Waals surface area (Å²) in [6.07, 6.45) is 2.19. The average molecular weight is 299 g/mol. The minimum absolute atomic E-state index is 0.0186. The summed E-state index contributed by atoms with van der Waals surface area (Å²) in [6, 6.07) is 5.13. The molecule has 1 aliphatic rings. The molecule has 0 saturated carbocycles. The molecule has 1 heterocycles. The Balaban J connectivity index is 2.09. The number of nitrogens with two attached hydrogens (primary N) is 1. The Morgan fingerprint density at radius 1 is 1.40 bits per heavy atom. The molecule has 1 aliphatic heterocycles. The fourth-order valence-corrected chi connectivity index (χ4v) is 2.73. The van der Waals surface area contributed by atoms with Gasteiger partial charge in [0, 0.05) is 18.4 Å². The zero-order chi connectivity index (χ0) is 14.7. The Bertz CT molecular complexity index is 497. The first-order valence-electron chi connectivity index (χ1n) is 6.59. The van der Waals surface area contributed by atoms with Crippen molar-refractivity contribution >= 4 is 17.4 Å². The number of ether oxygens (including phenoxy) is 2. The molecule has 3 N–H and O–H groups in total. The Kier molecular flexibility index (Phi) is 4.73. The van der Waals surface area contributed by atoms with Crippen molar-refractivity contribution in [2.45, 2.75) is 45.0 Å². The zero-order valence-electron chi connectivity index (χ0n) is 11.5. The van der Waals surface area contributed by atoms with Gasteiger partial charge in [0.1, 0.15) is 11.9 Å². The summed E-state index contributed by atoms with van der Waals surface area (Å²) in [7, 11) is 0. The predicted molar refractivity (Wildman–Crippen MR) is 77.6 cm³/mol. The molecule has 5 nitrogen and oxygen atoms in total. The Labute approximate surface area is 123 Å². The lowest BCUT2D eigenvalue weighted by atomic mass is 10.0. The molecule has 1 saturated heterocycles. The summed E-state index contributed by atoms with van der Waals surface area (Å²) in [6.45, 7) is 4.08. The molecule has 0 amide bonds. The van der Waals surface area contributed by atoms with E-state index in [4.69, 9.17) is 32.0 Å². The second-order valence-corrected chi connectivity index (χ2v) is 5.50. The first-order valence-corrected chi connectivity index (χ1v) is 6.97. The lowest BCUT2D eigenvalue weighted by Crippen LogP contribution is -2.35. The molecule has 1 aromatic rings. The molecule has 0 aliphatic carbocycles. The van der Waals surface area contributed by atoms with Crippen LogP contribution in [-0.2, 0) is 4.74 Å². The monoisotopic (exact) mass is 298 g/mol. The fourth-order valence-electron chi connectivity index (χ4n) is 2.46. The third-order valence-corrected chi connectivity index (χ3v) is 3.59. The second-order valence-electron chi connectivity index (χ2n) is 5.10. The van der Waals surface area contributed by atoms with E-state index in [0.29, 0.717) is 16.3 Å². The van der Waals surface area contributed by atoms with E-state index in [0.717, 1.165) is 12.8 Å². The lowest BCUT2D eigenvalue weighted by Gasteiger charge is -2.32. The maximum absolute atomic E-state index is 8.66. The second kappa shape index (κ2) is 6.33. The van der Waals surface area contributed by atoms with Crippen molar-refractivity contribution in [3.8, 4) is 5.75 Å². The molecule has 110 valence electrons. The SMILES string of the molecule is CC1CC(Oc2ccc(/C(N)=N/O)c(Cl)c2)CC(C)O1. The van der Waals surface area contributed by atoms with Gasteiger partial charge in [-0.3, -0.25) is 0 Å². The summed E-state index contributed by atoms with van der Waals surface area (Å²) < 4.78 is 11.6. The topological polar surface area (TPSA) is 77.1 Å². The van der Waals surface area contributed by atoms with Gasteiger partial charge in [0.25, 0.3) is 0 Å². The van der Waals surface area contributed by atoms with Gasteiger partial charge in [-0.2, -0.15) is 0 Å². The van der Waals surface area contributed by atoms with E-state index >= 15 is 0 Å². The Hall–Kier alpha value is -1.46. The minimum Gasteiger partial charge on any atom is -0.490 e. The van der Waals surface area contributed by atoms with E-state index in [2.05, 4.69) is 5.16 Å². The summed E-state index contributed by atoms with van der Waals surface area (Å²) in [4.78, 5) is 0. The molecule has 1 aromatic carbocycles. The predicted octanol–water partition coefficient (Wildman–Crippen LogP) is 2.77. The van der Waals surface area contributed by atoms with Crippen LogP contribution in [0.2, 0.25) is 5.02 Å². The third kappa shape index (κ3) is 3.55. The summed E-state index contributed by atoms with van der Waals surface area (Å²) >= 11 is 6.10. The quantitative estimate of drug-likeness (QED) is 0.389. The summed E-state index contributed by atoms with van der Waals surface area (Å²) in [5, 5.41) is 12.0. The van der Waals surface area contributed by atoms with Gasteiger partial charge in [-0.25, -0.2) is 0 Å². The van der Waals surface area contributed by atoms with Gasteiger partial charge in [0.2, 0.25) is 0 Å². The van der Waals surface area contributed by atoms with Crippen LogP contribution in [0.3, 0.4) is 0 Å². The molecule has 0 spiro atoms. The zero-order valence-corrected chi connectivity index (χ0v) is 12.3. The van der Waals surface area contributed by atoms with Crippen LogP contribution < -0.4 is 10.5 Å². The van der Waals surface area contributed by atoms with Crippen molar-refractivity contribution in [2.75, 3.05) is 0 Å². The van der Waals surface area contributed by atoms with Gasteiger partial charge in [-0.05, 0) is 32.0 Å². The van der Waals surface area contributed by atoms with Crippen LogP contribution in [0.5, 0.6) is 5.75 Å². The van der Waals surface area contributed by atoms with Crippen LogP contribution in [0.25, 0.3) is 0 Å². The molecule has 0 bridgehead atoms. The summed E-state index contributed by atoms with van der Waals surface area (Å²) in [5.74, 6) is 0.658. The van der Waals surface area contributed by atoms with Gasteiger partial charge in [-0.1, -0.05) is 16.8 Å². The van der Waals surface area contributed by atoms with E-state index in [1.165, 1.54) is 0 Å². The molecule has 20 heavy (non-hydrogen) atoms. The van der Waals surface area contributed by atoms with Crippen LogP contribution in [0.15, 0.2) is 23.4 Å². The standard InChI is InChI=1S/C14H19ClN2O3/c1-8-5-11(6-9(2)19-8)20-10-3-4-12(13(15)7-10)14(16)17-18/h3-4,7-9,11,18H,5-6H2,1-2H3,(H2,16,17). The number of benzene rings is 1. The number of hydrogen-bond donors (Lipinski definition) is 2. The Morgan fingerprint density at radius 3 is 2.60 bits per heavy atom. The van der Waals surface area contributed by atoms with Crippen LogP contribution in [0.4, 0.5) is 0 Å². The Morgan fingerprint density at radius 2 is 2.05 bits per heavy atom. The number of amidine groups is 1. The first kappa shape index (κ1) is 14.9. The van der Waals surface area contributed by atoms with Crippen LogP contribution in [0, 0.1) is 0 Å². The molecular weight excluding hydrogens is 280 g/mol. The number of nitrogens with zero attached hydrogens (tertiary/aromatic N) is 1. The summed E-state index contributed by atoms with van der Waals surface area (Å²) in [5.41, 5.74) is 6.01. The van der Waals surface area contributed by atoms with Gasteiger partial charge in [-0.15, -0.1) is 0 Å². The maximum Gasteiger partial charge on any atom is 0.171 e. The largest absolute Gasteiger partial charge is 0.490 e. The number of rotatable bonds is 3. The molecule has 6 heteroatoms. The van der Waals surface area contributed by atoms with E-state index in [9.17, 15) is 0 Å². The smallest absolute Gasteiger partial charge is 0.171 e. The van der Waals surface area contributed by atoms with E-state index < -0.39 is 0 Å². The van der Waals surface area contributed by atoms with Crippen molar-refractivity contribution in [3.63, 3.8) is 0 Å². The number of hydrogen-bond acceptors (Lipinski definition) is 4. The maximum atomic E-state index is 8.66. The van der Waals surface area contributed by atoms with Crippen LogP contribution in [-0.4, -0.2) is 29.4 Å². The van der Waals surface area contributed by atoms with Crippen LogP contribution in [0.1, 0.15) is 32.3 Å². The number of halogens is 1.